The summed E-state index contributed by atoms with van der Waals surface area (Å²) in [5.74, 6) is 0.702. The average molecular weight is 602 g/mol. The van der Waals surface area contributed by atoms with Crippen molar-refractivity contribution in [3.05, 3.63) is 89.6 Å². The highest BCUT2D eigenvalue weighted by atomic mass is 19.1. The first-order chi connectivity index (χ1) is 21.5. The molecule has 0 radical (unpaired) electrons. The number of alkyl halides is 1. The molecule has 0 spiro atoms. The zero-order valence-electron chi connectivity index (χ0n) is 25.4. The summed E-state index contributed by atoms with van der Waals surface area (Å²) in [6.45, 7) is 7.08. The number of ether oxygens (including phenoxy) is 2. The molecule has 0 bridgehead atoms. The number of amides is 1. The van der Waals surface area contributed by atoms with E-state index >= 15 is 0 Å². The number of nitrogens with one attached hydrogen (secondary N) is 3. The van der Waals surface area contributed by atoms with Crippen molar-refractivity contribution in [3.8, 4) is 22.8 Å². The van der Waals surface area contributed by atoms with Crippen molar-refractivity contribution >= 4 is 11.7 Å². The summed E-state index contributed by atoms with van der Waals surface area (Å²) in [4.78, 5) is 19.5. The second-order valence-corrected chi connectivity index (χ2v) is 10.7. The van der Waals surface area contributed by atoms with Crippen LogP contribution in [0.2, 0.25) is 0 Å². The summed E-state index contributed by atoms with van der Waals surface area (Å²) in [5.41, 5.74) is 4.49. The normalized spacial score (nSPS) is 16.6. The molecule has 44 heavy (non-hydrogen) atoms. The van der Waals surface area contributed by atoms with Gasteiger partial charge in [0.2, 0.25) is 12.7 Å². The number of halogens is 1. The van der Waals surface area contributed by atoms with Gasteiger partial charge in [0.05, 0.1) is 24.7 Å². The lowest BCUT2D eigenvalue weighted by atomic mass is 9.94. The van der Waals surface area contributed by atoms with E-state index in [1.807, 2.05) is 54.9 Å². The third kappa shape index (κ3) is 7.07. The molecule has 232 valence electrons. The Hall–Kier alpha value is -4.32. The molecule has 1 aliphatic heterocycles. The number of pyridine rings is 1. The Kier molecular flexibility index (Phi) is 10.5. The first kappa shape index (κ1) is 31.1. The van der Waals surface area contributed by atoms with Gasteiger partial charge in [-0.1, -0.05) is 48.5 Å². The molecule has 2 aromatic heterocycles. The third-order valence-corrected chi connectivity index (χ3v) is 7.88. The van der Waals surface area contributed by atoms with Gasteiger partial charge in [-0.3, -0.25) is 15.0 Å². The zero-order chi connectivity index (χ0) is 30.9. The van der Waals surface area contributed by atoms with Crippen molar-refractivity contribution in [1.82, 2.24) is 30.3 Å². The highest BCUT2D eigenvalue weighted by Gasteiger charge is 2.33. The van der Waals surface area contributed by atoms with E-state index in [0.29, 0.717) is 37.0 Å². The summed E-state index contributed by atoms with van der Waals surface area (Å²) < 4.78 is 25.2. The molecule has 4 aromatic rings. The molecule has 11 heteroatoms. The average Bonchev–Trinajstić information content (AvgIpc) is 3.62. The van der Waals surface area contributed by atoms with Crippen LogP contribution in [-0.2, 0) is 4.74 Å². The SMILES string of the molecule is CCNC(=O)c1cc(-c2nn(-c3ccccc3)c(NCN[C@@H]3CN(CCOC)C[C@H]3c3ccccc3)c2C)cnc1OCF. The Morgan fingerprint density at radius 1 is 1.09 bits per heavy atom. The van der Waals surface area contributed by atoms with Crippen LogP contribution in [0.15, 0.2) is 72.9 Å². The van der Waals surface area contributed by atoms with Gasteiger partial charge in [-0.2, -0.15) is 5.10 Å². The second-order valence-electron chi connectivity index (χ2n) is 10.7. The van der Waals surface area contributed by atoms with Crippen LogP contribution >= 0.6 is 0 Å². The molecule has 3 heterocycles. The number of para-hydroxylation sites is 1. The number of carbonyl (C=O) groups excluding carboxylic acids is 1. The Labute approximate surface area is 257 Å². The molecule has 0 unspecified atom stereocenters. The molecule has 1 saturated heterocycles. The number of methoxy groups -OCH3 is 1. The fourth-order valence-electron chi connectivity index (χ4n) is 5.70. The number of aromatic nitrogens is 3. The van der Waals surface area contributed by atoms with E-state index in [1.54, 1.807) is 19.4 Å². The van der Waals surface area contributed by atoms with E-state index in [-0.39, 0.29) is 17.5 Å². The van der Waals surface area contributed by atoms with Gasteiger partial charge in [0.15, 0.2) is 0 Å². The predicted octanol–water partition coefficient (Wildman–Crippen LogP) is 4.37. The third-order valence-electron chi connectivity index (χ3n) is 7.88. The number of nitrogens with zero attached hydrogens (tertiary/aromatic N) is 4. The number of benzene rings is 2. The molecule has 0 aliphatic carbocycles. The molecule has 1 amide bonds. The van der Waals surface area contributed by atoms with Gasteiger partial charge in [-0.05, 0) is 37.6 Å². The monoisotopic (exact) mass is 601 g/mol. The standard InChI is InChI=1S/C33H40FN7O3/c1-4-35-32(42)27-17-25(18-36-33(27)44-21-34)30-23(2)31(41(39-30)26-13-9-6-10-14-26)38-22-37-29-20-40(15-16-43-3)19-28(29)24-11-7-5-8-12-24/h5-14,17-18,28-29,37-38H,4,15-16,19-22H2,1-3H3,(H,35,42)/t28-,29+/m0/s1. The fraction of sp³-hybridized carbons (Fsp3) is 0.364. The van der Waals surface area contributed by atoms with Crippen molar-refractivity contribution in [3.63, 3.8) is 0 Å². The van der Waals surface area contributed by atoms with Gasteiger partial charge in [0.25, 0.3) is 5.91 Å². The fourth-order valence-corrected chi connectivity index (χ4v) is 5.70. The maximum absolute atomic E-state index is 13.0. The minimum absolute atomic E-state index is 0.0611. The Morgan fingerprint density at radius 2 is 1.84 bits per heavy atom. The summed E-state index contributed by atoms with van der Waals surface area (Å²) in [5, 5.41) is 15.0. The molecule has 1 aliphatic rings. The van der Waals surface area contributed by atoms with Crippen LogP contribution in [-0.4, -0.2) is 85.0 Å². The van der Waals surface area contributed by atoms with Crippen molar-refractivity contribution in [1.29, 1.82) is 0 Å². The molecule has 2 atom stereocenters. The Morgan fingerprint density at radius 3 is 2.55 bits per heavy atom. The highest BCUT2D eigenvalue weighted by Crippen LogP contribution is 2.32. The maximum Gasteiger partial charge on any atom is 0.256 e. The van der Waals surface area contributed by atoms with Crippen molar-refractivity contribution < 1.29 is 18.7 Å². The van der Waals surface area contributed by atoms with E-state index in [0.717, 1.165) is 36.7 Å². The van der Waals surface area contributed by atoms with Crippen molar-refractivity contribution in [2.24, 2.45) is 0 Å². The molecule has 3 N–H and O–H groups in total. The van der Waals surface area contributed by atoms with Crippen molar-refractivity contribution in [2.75, 3.05) is 58.7 Å². The maximum atomic E-state index is 13.0. The van der Waals surface area contributed by atoms with Gasteiger partial charge in [-0.25, -0.2) is 14.1 Å². The molecule has 1 fully saturated rings. The summed E-state index contributed by atoms with van der Waals surface area (Å²) in [6, 6.07) is 22.4. The van der Waals surface area contributed by atoms with Gasteiger partial charge in [0, 0.05) is 62.6 Å². The lowest BCUT2D eigenvalue weighted by molar-refractivity contribution is 0.0947. The quantitative estimate of drug-likeness (QED) is 0.183. The smallest absolute Gasteiger partial charge is 0.256 e. The number of hydrogen-bond donors (Lipinski definition) is 3. The Balaban J connectivity index is 1.42. The number of rotatable bonds is 14. The van der Waals surface area contributed by atoms with Crippen LogP contribution in [0, 0.1) is 6.92 Å². The molecular formula is C33H40FN7O3. The van der Waals surface area contributed by atoms with E-state index < -0.39 is 12.8 Å². The van der Waals surface area contributed by atoms with E-state index in [4.69, 9.17) is 14.6 Å². The number of anilines is 1. The molecule has 0 saturated carbocycles. The van der Waals surface area contributed by atoms with Crippen LogP contribution in [0.5, 0.6) is 5.88 Å². The lowest BCUT2D eigenvalue weighted by Crippen LogP contribution is -2.39. The second kappa shape index (κ2) is 14.9. The highest BCUT2D eigenvalue weighted by molar-refractivity contribution is 5.97. The van der Waals surface area contributed by atoms with Crippen LogP contribution in [0.25, 0.3) is 16.9 Å². The minimum Gasteiger partial charge on any atom is -0.445 e. The first-order valence-electron chi connectivity index (χ1n) is 14.9. The van der Waals surface area contributed by atoms with Crippen molar-refractivity contribution in [2.45, 2.75) is 25.8 Å². The van der Waals surface area contributed by atoms with Gasteiger partial charge >= 0.3 is 0 Å². The molecular weight excluding hydrogens is 561 g/mol. The Bertz CT molecular complexity index is 1520. The molecule has 2 aromatic carbocycles. The van der Waals surface area contributed by atoms with E-state index in [2.05, 4.69) is 50.1 Å². The molecule has 5 rings (SSSR count). The number of carbonyl (C=O) groups is 1. The number of hydrogen-bond acceptors (Lipinski definition) is 8. The van der Waals surface area contributed by atoms with Crippen LogP contribution in [0.3, 0.4) is 0 Å². The van der Waals surface area contributed by atoms with E-state index in [9.17, 15) is 9.18 Å². The van der Waals surface area contributed by atoms with Gasteiger partial charge in [-0.15, -0.1) is 0 Å². The van der Waals surface area contributed by atoms with Crippen LogP contribution in [0.1, 0.15) is 34.3 Å². The van der Waals surface area contributed by atoms with Crippen LogP contribution < -0.4 is 20.7 Å². The number of likely N-dealkylation sites (tertiary alicyclic amines) is 1. The summed E-state index contributed by atoms with van der Waals surface area (Å²) >= 11 is 0. The largest absolute Gasteiger partial charge is 0.445 e. The van der Waals surface area contributed by atoms with Gasteiger partial charge in [0.1, 0.15) is 11.4 Å². The lowest BCUT2D eigenvalue weighted by Gasteiger charge is -2.21. The summed E-state index contributed by atoms with van der Waals surface area (Å²) in [7, 11) is 1.74. The minimum atomic E-state index is -1.09. The topological polar surface area (TPSA) is 106 Å². The zero-order valence-corrected chi connectivity index (χ0v) is 25.4. The van der Waals surface area contributed by atoms with Gasteiger partial charge < -0.3 is 20.1 Å². The van der Waals surface area contributed by atoms with Crippen LogP contribution in [0.4, 0.5) is 10.2 Å². The first-order valence-corrected chi connectivity index (χ1v) is 14.9. The molecule has 10 nitrogen and oxygen atoms in total. The predicted molar refractivity (Wildman–Crippen MR) is 169 cm³/mol. The summed E-state index contributed by atoms with van der Waals surface area (Å²) in [6.07, 6.45) is 1.55. The van der Waals surface area contributed by atoms with E-state index in [1.165, 1.54) is 5.56 Å².